The van der Waals surface area contributed by atoms with E-state index in [0.29, 0.717) is 24.9 Å². The number of aryl methyl sites for hydroxylation is 1. The summed E-state index contributed by atoms with van der Waals surface area (Å²) in [6.07, 6.45) is 6.72. The molecule has 0 amide bonds. The highest BCUT2D eigenvalue weighted by atomic mass is 16.5. The van der Waals surface area contributed by atoms with Gasteiger partial charge in [0.2, 0.25) is 0 Å². The summed E-state index contributed by atoms with van der Waals surface area (Å²) in [5.74, 6) is 2.06. The summed E-state index contributed by atoms with van der Waals surface area (Å²) in [6, 6.07) is 16.6. The van der Waals surface area contributed by atoms with Crippen LogP contribution < -0.4 is 4.74 Å². The van der Waals surface area contributed by atoms with E-state index in [4.69, 9.17) is 4.74 Å². The summed E-state index contributed by atoms with van der Waals surface area (Å²) in [5, 5.41) is 0. The highest BCUT2D eigenvalue weighted by molar-refractivity contribution is 5.91. The highest BCUT2D eigenvalue weighted by Crippen LogP contribution is 2.42. The fourth-order valence-corrected chi connectivity index (χ4v) is 3.75. The Morgan fingerprint density at radius 2 is 1.96 bits per heavy atom. The molecule has 0 fully saturated rings. The first kappa shape index (κ1) is 14.3. The molecule has 2 atom stereocenters. The number of carbonyl (C=O) groups excluding carboxylic acids is 1. The van der Waals surface area contributed by atoms with Gasteiger partial charge in [0.05, 0.1) is 0 Å². The summed E-state index contributed by atoms with van der Waals surface area (Å²) >= 11 is 0. The summed E-state index contributed by atoms with van der Waals surface area (Å²) < 4.78 is 5.93. The van der Waals surface area contributed by atoms with Gasteiger partial charge in [-0.3, -0.25) is 4.79 Å². The molecule has 2 aliphatic rings. The zero-order valence-corrected chi connectivity index (χ0v) is 13.1. The van der Waals surface area contributed by atoms with Crippen LogP contribution in [0.25, 0.3) is 0 Å². The van der Waals surface area contributed by atoms with Gasteiger partial charge in [-0.15, -0.1) is 0 Å². The van der Waals surface area contributed by atoms with Crippen molar-refractivity contribution in [3.8, 4) is 5.75 Å². The second kappa shape index (κ2) is 6.04. The molecule has 4 rings (SSSR count). The Bertz CT molecular complexity index is 746. The number of carbonyl (C=O) groups is 1. The van der Waals surface area contributed by atoms with Crippen molar-refractivity contribution < 1.29 is 9.53 Å². The van der Waals surface area contributed by atoms with Crippen molar-refractivity contribution in [1.29, 1.82) is 0 Å². The van der Waals surface area contributed by atoms with Crippen molar-refractivity contribution in [2.75, 3.05) is 0 Å². The van der Waals surface area contributed by atoms with E-state index in [-0.39, 0.29) is 5.78 Å². The maximum absolute atomic E-state index is 11.7. The molecule has 23 heavy (non-hydrogen) atoms. The average molecular weight is 304 g/mol. The number of hydrogen-bond donors (Lipinski definition) is 0. The van der Waals surface area contributed by atoms with E-state index in [1.54, 1.807) is 6.08 Å². The molecule has 0 radical (unpaired) electrons. The van der Waals surface area contributed by atoms with Crippen LogP contribution in [0.5, 0.6) is 5.75 Å². The highest BCUT2D eigenvalue weighted by Gasteiger charge is 2.31. The average Bonchev–Trinajstić information content (AvgIpc) is 2.60. The van der Waals surface area contributed by atoms with Gasteiger partial charge in [-0.05, 0) is 59.6 Å². The lowest BCUT2D eigenvalue weighted by atomic mass is 9.70. The van der Waals surface area contributed by atoms with E-state index in [1.165, 1.54) is 16.7 Å². The Balaban J connectivity index is 1.53. The Morgan fingerprint density at radius 1 is 1.09 bits per heavy atom. The van der Waals surface area contributed by atoms with Crippen LogP contribution in [0.2, 0.25) is 0 Å². The molecule has 0 aliphatic heterocycles. The molecule has 0 unspecified atom stereocenters. The maximum atomic E-state index is 11.7. The van der Waals surface area contributed by atoms with Crippen molar-refractivity contribution in [1.82, 2.24) is 0 Å². The number of benzene rings is 2. The van der Waals surface area contributed by atoms with E-state index in [2.05, 4.69) is 30.3 Å². The van der Waals surface area contributed by atoms with E-state index >= 15 is 0 Å². The van der Waals surface area contributed by atoms with Gasteiger partial charge in [0.25, 0.3) is 0 Å². The van der Waals surface area contributed by atoms with Gasteiger partial charge in [0.15, 0.2) is 5.78 Å². The predicted molar refractivity (Wildman–Crippen MR) is 90.5 cm³/mol. The fraction of sp³-hybridized carbons (Fsp3) is 0.286. The predicted octanol–water partition coefficient (Wildman–Crippen LogP) is 4.44. The smallest absolute Gasteiger partial charge is 0.156 e. The third-order valence-electron chi connectivity index (χ3n) is 4.98. The molecule has 0 aromatic heterocycles. The zero-order chi connectivity index (χ0) is 15.6. The number of hydrogen-bond acceptors (Lipinski definition) is 2. The Hall–Kier alpha value is -2.35. The Labute approximate surface area is 136 Å². The van der Waals surface area contributed by atoms with Gasteiger partial charge in [-0.1, -0.05) is 42.5 Å². The normalized spacial score (nSPS) is 22.3. The minimum absolute atomic E-state index is 0.253. The molecule has 0 spiro atoms. The van der Waals surface area contributed by atoms with Gasteiger partial charge in [0.1, 0.15) is 12.4 Å². The van der Waals surface area contributed by atoms with Gasteiger partial charge in [-0.25, -0.2) is 0 Å². The maximum Gasteiger partial charge on any atom is 0.156 e. The first-order valence-electron chi connectivity index (χ1n) is 8.30. The van der Waals surface area contributed by atoms with E-state index < -0.39 is 0 Å². The van der Waals surface area contributed by atoms with Crippen LogP contribution in [0.1, 0.15) is 35.4 Å². The lowest BCUT2D eigenvalue weighted by Crippen LogP contribution is -2.24. The summed E-state index contributed by atoms with van der Waals surface area (Å²) in [6.45, 7) is 0.590. The van der Waals surface area contributed by atoms with Crippen LogP contribution in [0.4, 0.5) is 0 Å². The molecule has 2 aromatic carbocycles. The SMILES string of the molecule is O=C1C=C[C@@H]2CCc3cc(OCc4ccccc4)ccc3[C@H]2C1. The molecule has 2 heteroatoms. The lowest BCUT2D eigenvalue weighted by molar-refractivity contribution is -0.115. The van der Waals surface area contributed by atoms with Crippen LogP contribution in [-0.4, -0.2) is 5.78 Å². The third kappa shape index (κ3) is 2.94. The molecule has 0 saturated heterocycles. The molecule has 0 N–H and O–H groups in total. The molecule has 116 valence electrons. The Kier molecular flexibility index (Phi) is 3.74. The molecule has 0 heterocycles. The molecular formula is C21H20O2. The van der Waals surface area contributed by atoms with Crippen molar-refractivity contribution in [2.45, 2.75) is 31.8 Å². The van der Waals surface area contributed by atoms with Crippen molar-refractivity contribution in [3.63, 3.8) is 0 Å². The van der Waals surface area contributed by atoms with E-state index in [9.17, 15) is 4.79 Å². The molecule has 0 bridgehead atoms. The number of rotatable bonds is 3. The Morgan fingerprint density at radius 3 is 2.83 bits per heavy atom. The van der Waals surface area contributed by atoms with Crippen molar-refractivity contribution in [3.05, 3.63) is 77.4 Å². The van der Waals surface area contributed by atoms with Gasteiger partial charge >= 0.3 is 0 Å². The molecule has 2 aromatic rings. The number of fused-ring (bicyclic) bond motifs is 3. The van der Waals surface area contributed by atoms with Crippen LogP contribution in [0, 0.1) is 5.92 Å². The minimum atomic E-state index is 0.253. The summed E-state index contributed by atoms with van der Waals surface area (Å²) in [7, 11) is 0. The second-order valence-corrected chi connectivity index (χ2v) is 6.47. The quantitative estimate of drug-likeness (QED) is 0.838. The molecule has 0 saturated carbocycles. The second-order valence-electron chi connectivity index (χ2n) is 6.47. The lowest BCUT2D eigenvalue weighted by Gasteiger charge is -2.33. The number of ketones is 1. The topological polar surface area (TPSA) is 26.3 Å². The van der Waals surface area contributed by atoms with Gasteiger partial charge in [-0.2, -0.15) is 0 Å². The van der Waals surface area contributed by atoms with Gasteiger partial charge in [0, 0.05) is 6.42 Å². The van der Waals surface area contributed by atoms with E-state index in [1.807, 2.05) is 24.3 Å². The molecular weight excluding hydrogens is 284 g/mol. The number of allylic oxidation sites excluding steroid dienone is 2. The third-order valence-corrected chi connectivity index (χ3v) is 4.98. The van der Waals surface area contributed by atoms with E-state index in [0.717, 1.165) is 18.6 Å². The fourth-order valence-electron chi connectivity index (χ4n) is 3.75. The molecule has 2 nitrogen and oxygen atoms in total. The van der Waals surface area contributed by atoms with Gasteiger partial charge < -0.3 is 4.74 Å². The number of ether oxygens (including phenoxy) is 1. The summed E-state index contributed by atoms with van der Waals surface area (Å²) in [4.78, 5) is 11.7. The zero-order valence-electron chi connectivity index (χ0n) is 13.1. The molecule has 2 aliphatic carbocycles. The summed E-state index contributed by atoms with van der Waals surface area (Å²) in [5.41, 5.74) is 3.86. The first-order chi connectivity index (χ1) is 11.3. The van der Waals surface area contributed by atoms with Crippen molar-refractivity contribution >= 4 is 5.78 Å². The van der Waals surface area contributed by atoms with Crippen LogP contribution in [-0.2, 0) is 17.8 Å². The van der Waals surface area contributed by atoms with Crippen molar-refractivity contribution in [2.24, 2.45) is 5.92 Å². The minimum Gasteiger partial charge on any atom is -0.489 e. The van der Waals surface area contributed by atoms with Crippen LogP contribution in [0.15, 0.2) is 60.7 Å². The standard InChI is InChI=1S/C21H20O2/c22-18-9-8-16-6-7-17-12-19(10-11-20(17)21(16)13-18)23-14-15-4-2-1-3-5-15/h1-5,8-12,16,21H,6-7,13-14H2/t16-,21-/m0/s1. The van der Waals surface area contributed by atoms with Crippen LogP contribution >= 0.6 is 0 Å². The first-order valence-corrected chi connectivity index (χ1v) is 8.30. The monoisotopic (exact) mass is 304 g/mol. The largest absolute Gasteiger partial charge is 0.489 e. The van der Waals surface area contributed by atoms with Crippen LogP contribution in [0.3, 0.4) is 0 Å².